The van der Waals surface area contributed by atoms with Crippen molar-refractivity contribution < 1.29 is 28.6 Å². The molecular weight excluding hydrogens is 781 g/mol. The molecule has 6 heteroatoms. The van der Waals surface area contributed by atoms with Crippen LogP contribution in [0.3, 0.4) is 0 Å². The Morgan fingerprint density at radius 3 is 1.05 bits per heavy atom. The normalized spacial score (nSPS) is 12.4. The molecule has 0 unspecified atom stereocenters. The number of carbonyl (C=O) groups is 3. The number of hydrogen-bond acceptors (Lipinski definition) is 6. The Hall–Kier alpha value is -3.67. The number of allylic oxidation sites excluding steroid dienone is 16. The van der Waals surface area contributed by atoms with E-state index in [1.807, 2.05) is 0 Å². The molecule has 63 heavy (non-hydrogen) atoms. The molecule has 0 aliphatic carbocycles. The number of unbranched alkanes of at least 4 members (excludes halogenated alkanes) is 22. The first-order valence-corrected chi connectivity index (χ1v) is 25.8. The van der Waals surface area contributed by atoms with Crippen LogP contribution in [0, 0.1) is 0 Å². The zero-order chi connectivity index (χ0) is 45.8. The highest BCUT2D eigenvalue weighted by molar-refractivity contribution is 5.71. The van der Waals surface area contributed by atoms with Crippen molar-refractivity contribution in [2.75, 3.05) is 13.2 Å². The SMILES string of the molecule is CCCC\C=C/C=C/C=C\CCCCCCCC(=O)OCC(COC(=O)CCCCCCC\C=C/C=C/C=C\CCCC)OC(=O)CCCCCCC/C=C\C/C=C\CCCCC. The van der Waals surface area contributed by atoms with Gasteiger partial charge in [0.1, 0.15) is 13.2 Å². The zero-order valence-electron chi connectivity index (χ0n) is 40.8. The van der Waals surface area contributed by atoms with Crippen molar-refractivity contribution in [3.63, 3.8) is 0 Å². The third kappa shape index (κ3) is 49.2. The van der Waals surface area contributed by atoms with E-state index in [4.69, 9.17) is 14.2 Å². The Morgan fingerprint density at radius 2 is 0.651 bits per heavy atom. The van der Waals surface area contributed by atoms with Crippen molar-refractivity contribution in [3.8, 4) is 0 Å². The van der Waals surface area contributed by atoms with E-state index in [9.17, 15) is 14.4 Å². The molecule has 0 amide bonds. The first-order chi connectivity index (χ1) is 31.0. The number of esters is 3. The summed E-state index contributed by atoms with van der Waals surface area (Å²) in [6.45, 7) is 6.45. The van der Waals surface area contributed by atoms with Gasteiger partial charge in [-0.25, -0.2) is 0 Å². The molecule has 0 atom stereocenters. The average molecular weight is 875 g/mol. The van der Waals surface area contributed by atoms with E-state index in [1.54, 1.807) is 0 Å². The maximum absolute atomic E-state index is 12.8. The fourth-order valence-electron chi connectivity index (χ4n) is 6.68. The minimum absolute atomic E-state index is 0.102. The third-order valence-electron chi connectivity index (χ3n) is 10.7. The molecule has 0 bridgehead atoms. The first-order valence-electron chi connectivity index (χ1n) is 25.8. The second kappa shape index (κ2) is 51.0. The summed E-state index contributed by atoms with van der Waals surface area (Å²) in [5, 5.41) is 0. The van der Waals surface area contributed by atoms with Crippen LogP contribution in [-0.2, 0) is 28.6 Å². The highest BCUT2D eigenvalue weighted by Crippen LogP contribution is 2.13. The molecule has 358 valence electrons. The molecule has 6 nitrogen and oxygen atoms in total. The van der Waals surface area contributed by atoms with Crippen LogP contribution >= 0.6 is 0 Å². The molecule has 0 spiro atoms. The van der Waals surface area contributed by atoms with Gasteiger partial charge in [-0.05, 0) is 89.9 Å². The molecule has 0 rings (SSSR count). The molecule has 0 aromatic heterocycles. The van der Waals surface area contributed by atoms with Crippen molar-refractivity contribution >= 4 is 17.9 Å². The van der Waals surface area contributed by atoms with Gasteiger partial charge < -0.3 is 14.2 Å². The van der Waals surface area contributed by atoms with E-state index < -0.39 is 6.10 Å². The lowest BCUT2D eigenvalue weighted by Crippen LogP contribution is -2.30. The molecule has 0 N–H and O–H groups in total. The summed E-state index contributed by atoms with van der Waals surface area (Å²) >= 11 is 0. The molecule has 0 aromatic rings. The maximum Gasteiger partial charge on any atom is 0.306 e. The van der Waals surface area contributed by atoms with Crippen LogP contribution in [-0.4, -0.2) is 37.2 Å². The molecule has 0 radical (unpaired) electrons. The topological polar surface area (TPSA) is 78.9 Å². The Kier molecular flexibility index (Phi) is 48.0. The van der Waals surface area contributed by atoms with Crippen molar-refractivity contribution in [2.45, 2.75) is 232 Å². The highest BCUT2D eigenvalue weighted by atomic mass is 16.6. The molecule has 0 saturated heterocycles. The van der Waals surface area contributed by atoms with Crippen molar-refractivity contribution in [2.24, 2.45) is 0 Å². The smallest absolute Gasteiger partial charge is 0.306 e. The van der Waals surface area contributed by atoms with Gasteiger partial charge in [-0.15, -0.1) is 0 Å². The molecular formula is C57H94O6. The summed E-state index contributed by atoms with van der Waals surface area (Å²) < 4.78 is 16.8. The van der Waals surface area contributed by atoms with Crippen LogP contribution in [0.15, 0.2) is 97.2 Å². The predicted molar refractivity (Wildman–Crippen MR) is 270 cm³/mol. The van der Waals surface area contributed by atoms with Gasteiger partial charge in [0.25, 0.3) is 0 Å². The standard InChI is InChI=1S/C57H94O6/c1-4-7-10-13-16-19-22-25-28-31-34-37-40-43-46-49-55(58)61-52-54(63-57(60)51-48-45-42-39-36-33-30-27-24-21-18-15-12-9-6-3)53-62-56(59)50-47-44-41-38-35-32-29-26-23-20-17-14-11-8-5-2/h13-14,16-23,25-30,54H,4-12,15,24,31-53H2,1-3H3/b16-13-,17-14-,21-18-,22-19+,23-20+,28-25-,29-26-,30-27-. The van der Waals surface area contributed by atoms with Gasteiger partial charge in [0.05, 0.1) is 0 Å². The van der Waals surface area contributed by atoms with E-state index in [0.717, 1.165) is 135 Å². The number of rotatable bonds is 45. The minimum atomic E-state index is -0.802. The van der Waals surface area contributed by atoms with Crippen LogP contribution in [0.4, 0.5) is 0 Å². The molecule has 0 aliphatic heterocycles. The van der Waals surface area contributed by atoms with E-state index in [-0.39, 0.29) is 31.1 Å². The molecule has 0 fully saturated rings. The van der Waals surface area contributed by atoms with Crippen molar-refractivity contribution in [3.05, 3.63) is 97.2 Å². The van der Waals surface area contributed by atoms with Crippen LogP contribution in [0.1, 0.15) is 226 Å². The van der Waals surface area contributed by atoms with E-state index >= 15 is 0 Å². The zero-order valence-corrected chi connectivity index (χ0v) is 40.8. The summed E-state index contributed by atoms with van der Waals surface area (Å²) in [7, 11) is 0. The van der Waals surface area contributed by atoms with Gasteiger partial charge in [-0.2, -0.15) is 0 Å². The van der Waals surface area contributed by atoms with Gasteiger partial charge in [0, 0.05) is 19.3 Å². The second-order valence-corrected chi connectivity index (χ2v) is 16.8. The van der Waals surface area contributed by atoms with Gasteiger partial charge in [0.15, 0.2) is 6.10 Å². The van der Waals surface area contributed by atoms with Crippen LogP contribution in [0.5, 0.6) is 0 Å². The van der Waals surface area contributed by atoms with Gasteiger partial charge >= 0.3 is 17.9 Å². The van der Waals surface area contributed by atoms with E-state index in [0.29, 0.717) is 19.3 Å². The lowest BCUT2D eigenvalue weighted by atomic mass is 10.1. The lowest BCUT2D eigenvalue weighted by molar-refractivity contribution is -0.167. The number of carbonyl (C=O) groups excluding carboxylic acids is 3. The molecule has 0 aliphatic rings. The summed E-state index contributed by atoms with van der Waals surface area (Å²) in [4.78, 5) is 38.0. The summed E-state index contributed by atoms with van der Waals surface area (Å²) in [6.07, 6.45) is 66.6. The Bertz CT molecular complexity index is 1210. The molecule has 0 aromatic carbocycles. The maximum atomic E-state index is 12.8. The monoisotopic (exact) mass is 875 g/mol. The lowest BCUT2D eigenvalue weighted by Gasteiger charge is -2.18. The summed E-state index contributed by atoms with van der Waals surface area (Å²) in [5.74, 6) is -0.957. The Morgan fingerprint density at radius 1 is 0.333 bits per heavy atom. The Labute approximate surface area is 387 Å². The van der Waals surface area contributed by atoms with E-state index in [2.05, 4.69) is 118 Å². The van der Waals surface area contributed by atoms with Crippen LogP contribution in [0.25, 0.3) is 0 Å². The van der Waals surface area contributed by atoms with E-state index in [1.165, 1.54) is 51.4 Å². The van der Waals surface area contributed by atoms with Crippen LogP contribution < -0.4 is 0 Å². The Balaban J connectivity index is 4.50. The molecule has 0 heterocycles. The van der Waals surface area contributed by atoms with Crippen molar-refractivity contribution in [1.82, 2.24) is 0 Å². The van der Waals surface area contributed by atoms with Gasteiger partial charge in [-0.3, -0.25) is 14.4 Å². The quantitative estimate of drug-likeness (QED) is 0.0199. The summed E-state index contributed by atoms with van der Waals surface area (Å²) in [5.41, 5.74) is 0. The van der Waals surface area contributed by atoms with Crippen LogP contribution in [0.2, 0.25) is 0 Å². The average Bonchev–Trinajstić information content (AvgIpc) is 3.28. The predicted octanol–water partition coefficient (Wildman–Crippen LogP) is 17.0. The summed E-state index contributed by atoms with van der Waals surface area (Å²) in [6, 6.07) is 0. The fourth-order valence-corrected chi connectivity index (χ4v) is 6.68. The second-order valence-electron chi connectivity index (χ2n) is 16.8. The highest BCUT2D eigenvalue weighted by Gasteiger charge is 2.19. The van der Waals surface area contributed by atoms with Gasteiger partial charge in [-0.1, -0.05) is 214 Å². The molecule has 0 saturated carbocycles. The number of ether oxygens (including phenoxy) is 3. The van der Waals surface area contributed by atoms with Crippen molar-refractivity contribution in [1.29, 1.82) is 0 Å². The third-order valence-corrected chi connectivity index (χ3v) is 10.7. The largest absolute Gasteiger partial charge is 0.462 e. The fraction of sp³-hybridized carbons (Fsp3) is 0.667. The minimum Gasteiger partial charge on any atom is -0.462 e. The first kappa shape index (κ1) is 59.3. The van der Waals surface area contributed by atoms with Gasteiger partial charge in [0.2, 0.25) is 0 Å². The number of hydrogen-bond donors (Lipinski definition) is 0.